The number of hydrogen-bond acceptors (Lipinski definition) is 3. The van der Waals surface area contributed by atoms with Gasteiger partial charge in [-0.05, 0) is 43.1 Å². The molecule has 1 unspecified atom stereocenters. The Morgan fingerprint density at radius 1 is 1.56 bits per heavy atom. The van der Waals surface area contributed by atoms with Crippen molar-refractivity contribution in [2.24, 2.45) is 0 Å². The summed E-state index contributed by atoms with van der Waals surface area (Å²) in [6, 6.07) is 4.01. The van der Waals surface area contributed by atoms with Gasteiger partial charge in [-0.1, -0.05) is 6.92 Å². The highest BCUT2D eigenvalue weighted by molar-refractivity contribution is 5.91. The first-order chi connectivity index (χ1) is 8.58. The lowest BCUT2D eigenvalue weighted by atomic mass is 9.89. The first kappa shape index (κ1) is 12.9. The number of fused-ring (bicyclic) bond motifs is 1. The predicted molar refractivity (Wildman–Crippen MR) is 69.3 cm³/mol. The number of hydrogen-bond donors (Lipinski definition) is 1. The number of benzene rings is 1. The van der Waals surface area contributed by atoms with Crippen molar-refractivity contribution in [3.63, 3.8) is 0 Å². The summed E-state index contributed by atoms with van der Waals surface area (Å²) in [5.74, 6) is -0.475. The molecular formula is C14H19NO3. The number of carbonyl (C=O) groups is 1. The molecule has 1 heterocycles. The SMILES string of the molecule is CCC1c2cc(OC)c(C(=O)O)cc2CCN1C. The molecule has 0 aromatic heterocycles. The Morgan fingerprint density at radius 2 is 2.28 bits per heavy atom. The third-order valence-electron chi connectivity index (χ3n) is 3.70. The van der Waals surface area contributed by atoms with Gasteiger partial charge in [-0.15, -0.1) is 0 Å². The molecule has 1 aromatic rings. The third kappa shape index (κ3) is 2.08. The highest BCUT2D eigenvalue weighted by Crippen LogP contribution is 2.35. The number of nitrogens with zero attached hydrogens (tertiary/aromatic N) is 1. The minimum absolute atomic E-state index is 0.260. The lowest BCUT2D eigenvalue weighted by molar-refractivity contribution is 0.0693. The standard InChI is InChI=1S/C14H19NO3/c1-4-12-10-8-13(18-3)11(14(16)17)7-9(10)5-6-15(12)2/h7-8,12H,4-6H2,1-3H3,(H,16,17). The number of methoxy groups -OCH3 is 1. The zero-order valence-corrected chi connectivity index (χ0v) is 11.1. The van der Waals surface area contributed by atoms with Crippen LogP contribution >= 0.6 is 0 Å². The van der Waals surface area contributed by atoms with Crippen LogP contribution in [-0.2, 0) is 6.42 Å². The van der Waals surface area contributed by atoms with E-state index in [1.165, 1.54) is 12.7 Å². The summed E-state index contributed by atoms with van der Waals surface area (Å²) in [6.45, 7) is 3.12. The highest BCUT2D eigenvalue weighted by Gasteiger charge is 2.26. The quantitative estimate of drug-likeness (QED) is 0.893. The molecule has 0 saturated carbocycles. The van der Waals surface area contributed by atoms with Crippen LogP contribution in [0.4, 0.5) is 0 Å². The maximum absolute atomic E-state index is 11.2. The van der Waals surface area contributed by atoms with Crippen LogP contribution in [0.15, 0.2) is 12.1 Å². The summed E-state index contributed by atoms with van der Waals surface area (Å²) in [5.41, 5.74) is 2.60. The Labute approximate surface area is 107 Å². The predicted octanol–water partition coefficient (Wildman–Crippen LogP) is 2.33. The lowest BCUT2D eigenvalue weighted by Crippen LogP contribution is -2.32. The van der Waals surface area contributed by atoms with Crippen molar-refractivity contribution >= 4 is 5.97 Å². The van der Waals surface area contributed by atoms with Crippen LogP contribution in [0.2, 0.25) is 0 Å². The van der Waals surface area contributed by atoms with Gasteiger partial charge in [0, 0.05) is 12.6 Å². The minimum atomic E-state index is -0.929. The van der Waals surface area contributed by atoms with E-state index in [2.05, 4.69) is 18.9 Å². The van der Waals surface area contributed by atoms with E-state index in [9.17, 15) is 9.90 Å². The van der Waals surface area contributed by atoms with Gasteiger partial charge in [-0.25, -0.2) is 4.79 Å². The van der Waals surface area contributed by atoms with E-state index >= 15 is 0 Å². The van der Waals surface area contributed by atoms with Gasteiger partial charge < -0.3 is 9.84 Å². The van der Waals surface area contributed by atoms with Crippen molar-refractivity contribution in [2.75, 3.05) is 20.7 Å². The van der Waals surface area contributed by atoms with Crippen molar-refractivity contribution in [3.8, 4) is 5.75 Å². The second-order valence-corrected chi connectivity index (χ2v) is 4.71. The smallest absolute Gasteiger partial charge is 0.339 e. The van der Waals surface area contributed by atoms with Crippen molar-refractivity contribution in [1.82, 2.24) is 4.90 Å². The Kier molecular flexibility index (Phi) is 3.57. The Balaban J connectivity index is 2.54. The number of rotatable bonds is 3. The van der Waals surface area contributed by atoms with Gasteiger partial charge in [-0.3, -0.25) is 4.90 Å². The molecule has 0 aliphatic carbocycles. The summed E-state index contributed by atoms with van der Waals surface area (Å²) < 4.78 is 5.20. The Hall–Kier alpha value is -1.55. The second kappa shape index (κ2) is 4.98. The molecule has 1 atom stereocenters. The number of ether oxygens (including phenoxy) is 1. The average molecular weight is 249 g/mol. The van der Waals surface area contributed by atoms with E-state index in [1.54, 1.807) is 6.07 Å². The molecule has 0 saturated heterocycles. The summed E-state index contributed by atoms with van der Waals surface area (Å²) in [7, 11) is 3.62. The molecule has 1 aliphatic rings. The van der Waals surface area contributed by atoms with Gasteiger partial charge in [0.25, 0.3) is 0 Å². The summed E-state index contributed by atoms with van der Waals surface area (Å²) in [4.78, 5) is 13.5. The van der Waals surface area contributed by atoms with Gasteiger partial charge in [-0.2, -0.15) is 0 Å². The fourth-order valence-corrected chi connectivity index (χ4v) is 2.72. The number of carboxylic acids is 1. The van der Waals surface area contributed by atoms with E-state index in [0.717, 1.165) is 24.9 Å². The van der Waals surface area contributed by atoms with Gasteiger partial charge in [0.15, 0.2) is 0 Å². The first-order valence-electron chi connectivity index (χ1n) is 6.22. The monoisotopic (exact) mass is 249 g/mol. The van der Waals surface area contributed by atoms with Crippen molar-refractivity contribution in [1.29, 1.82) is 0 Å². The fraction of sp³-hybridized carbons (Fsp3) is 0.500. The molecule has 1 N–H and O–H groups in total. The van der Waals surface area contributed by atoms with Crippen LogP contribution in [0, 0.1) is 0 Å². The second-order valence-electron chi connectivity index (χ2n) is 4.71. The van der Waals surface area contributed by atoms with Crippen molar-refractivity contribution < 1.29 is 14.6 Å². The fourth-order valence-electron chi connectivity index (χ4n) is 2.72. The van der Waals surface area contributed by atoms with Crippen LogP contribution in [0.3, 0.4) is 0 Å². The van der Waals surface area contributed by atoms with E-state index < -0.39 is 5.97 Å². The number of likely N-dealkylation sites (N-methyl/N-ethyl adjacent to an activating group) is 1. The Morgan fingerprint density at radius 3 is 2.83 bits per heavy atom. The van der Waals surface area contributed by atoms with Gasteiger partial charge in [0.1, 0.15) is 11.3 Å². The minimum Gasteiger partial charge on any atom is -0.496 e. The maximum Gasteiger partial charge on any atom is 0.339 e. The Bertz CT molecular complexity index is 470. The first-order valence-corrected chi connectivity index (χ1v) is 6.22. The summed E-state index contributed by atoms with van der Waals surface area (Å²) >= 11 is 0. The zero-order chi connectivity index (χ0) is 13.3. The van der Waals surface area contributed by atoms with E-state index in [1.807, 2.05) is 6.07 Å². The summed E-state index contributed by atoms with van der Waals surface area (Å²) in [5, 5.41) is 9.18. The molecule has 0 fully saturated rings. The normalized spacial score (nSPS) is 19.4. The molecular weight excluding hydrogens is 230 g/mol. The molecule has 4 nitrogen and oxygen atoms in total. The topological polar surface area (TPSA) is 49.8 Å². The van der Waals surface area contributed by atoms with Crippen LogP contribution in [0.1, 0.15) is 40.9 Å². The number of carboxylic acid groups (broad SMARTS) is 1. The largest absolute Gasteiger partial charge is 0.496 e. The van der Waals surface area contributed by atoms with E-state index in [0.29, 0.717) is 11.8 Å². The van der Waals surface area contributed by atoms with E-state index in [-0.39, 0.29) is 5.56 Å². The third-order valence-corrected chi connectivity index (χ3v) is 3.70. The molecule has 0 radical (unpaired) electrons. The molecule has 0 amide bonds. The molecule has 1 aromatic carbocycles. The average Bonchev–Trinajstić information content (AvgIpc) is 2.37. The maximum atomic E-state index is 11.2. The number of aromatic carboxylic acids is 1. The van der Waals surface area contributed by atoms with Crippen molar-refractivity contribution in [3.05, 3.63) is 28.8 Å². The molecule has 4 heteroatoms. The highest BCUT2D eigenvalue weighted by atomic mass is 16.5. The molecule has 1 aliphatic heterocycles. The van der Waals surface area contributed by atoms with E-state index in [4.69, 9.17) is 4.74 Å². The summed E-state index contributed by atoms with van der Waals surface area (Å²) in [6.07, 6.45) is 1.91. The van der Waals surface area contributed by atoms with Crippen LogP contribution in [-0.4, -0.2) is 36.7 Å². The zero-order valence-electron chi connectivity index (χ0n) is 11.1. The molecule has 18 heavy (non-hydrogen) atoms. The van der Waals surface area contributed by atoms with Crippen LogP contribution < -0.4 is 4.74 Å². The van der Waals surface area contributed by atoms with Crippen molar-refractivity contribution in [2.45, 2.75) is 25.8 Å². The molecule has 0 bridgehead atoms. The molecule has 98 valence electrons. The molecule has 2 rings (SSSR count). The van der Waals surface area contributed by atoms with Crippen LogP contribution in [0.5, 0.6) is 5.75 Å². The van der Waals surface area contributed by atoms with Crippen LogP contribution in [0.25, 0.3) is 0 Å². The van der Waals surface area contributed by atoms with Gasteiger partial charge in [0.2, 0.25) is 0 Å². The van der Waals surface area contributed by atoms with Gasteiger partial charge >= 0.3 is 5.97 Å². The lowest BCUT2D eigenvalue weighted by Gasteiger charge is -2.34. The molecule has 0 spiro atoms. The van der Waals surface area contributed by atoms with Gasteiger partial charge in [0.05, 0.1) is 7.11 Å².